The number of aliphatic carboxylic acids is 1. The van der Waals surface area contributed by atoms with E-state index in [0.717, 1.165) is 41.4 Å². The van der Waals surface area contributed by atoms with E-state index in [1.807, 2.05) is 0 Å². The topological polar surface area (TPSA) is 37.3 Å². The van der Waals surface area contributed by atoms with Crippen LogP contribution in [0.5, 0.6) is 0 Å². The molecule has 0 aromatic rings. The number of carbonyl (C=O) groups is 1. The number of hydrogen-bond acceptors (Lipinski definition) is 1. The van der Waals surface area contributed by atoms with Crippen LogP contribution in [0.25, 0.3) is 0 Å². The summed E-state index contributed by atoms with van der Waals surface area (Å²) >= 11 is 0. The van der Waals surface area contributed by atoms with Crippen LogP contribution >= 0.6 is 0 Å². The Balaban J connectivity index is 1.56. The maximum atomic E-state index is 11.2. The maximum Gasteiger partial charge on any atom is 0.303 e. The van der Waals surface area contributed by atoms with Crippen molar-refractivity contribution in [1.82, 2.24) is 0 Å². The van der Waals surface area contributed by atoms with Crippen LogP contribution in [0.1, 0.15) is 44.9 Å². The van der Waals surface area contributed by atoms with E-state index < -0.39 is 5.97 Å². The molecule has 0 unspecified atom stereocenters. The summed E-state index contributed by atoms with van der Waals surface area (Å²) in [6.45, 7) is 0. The van der Waals surface area contributed by atoms with Gasteiger partial charge in [-0.05, 0) is 85.4 Å². The van der Waals surface area contributed by atoms with Gasteiger partial charge in [0.2, 0.25) is 0 Å². The fraction of sp³-hybridized carbons (Fsp3) is 0.938. The van der Waals surface area contributed by atoms with Gasteiger partial charge in [0.15, 0.2) is 0 Å². The van der Waals surface area contributed by atoms with E-state index in [1.165, 1.54) is 38.5 Å². The Morgan fingerprint density at radius 2 is 1.33 bits per heavy atom. The van der Waals surface area contributed by atoms with E-state index in [9.17, 15) is 9.90 Å². The molecule has 0 aliphatic heterocycles. The van der Waals surface area contributed by atoms with Gasteiger partial charge in [-0.15, -0.1) is 0 Å². The Bertz CT molecular complexity index is 367. The fourth-order valence-electron chi connectivity index (χ4n) is 7.59. The molecule has 0 saturated heterocycles. The van der Waals surface area contributed by atoms with Crippen molar-refractivity contribution in [2.45, 2.75) is 44.9 Å². The number of carboxylic acids is 1. The minimum atomic E-state index is -0.548. The summed E-state index contributed by atoms with van der Waals surface area (Å²) in [5.74, 6) is 6.30. The summed E-state index contributed by atoms with van der Waals surface area (Å²) in [7, 11) is 0. The van der Waals surface area contributed by atoms with E-state index in [4.69, 9.17) is 0 Å². The molecule has 0 radical (unpaired) electrons. The third kappa shape index (κ3) is 1.05. The molecule has 0 aromatic heterocycles. The molecule has 2 nitrogen and oxygen atoms in total. The average Bonchev–Trinajstić information content (AvgIpc) is 2.33. The lowest BCUT2D eigenvalue weighted by Gasteiger charge is -2.72. The Morgan fingerprint density at radius 3 is 1.72 bits per heavy atom. The molecule has 0 aromatic carbocycles. The first-order valence-electron chi connectivity index (χ1n) is 7.87. The molecule has 7 aliphatic carbocycles. The molecule has 98 valence electrons. The summed E-state index contributed by atoms with van der Waals surface area (Å²) in [6, 6.07) is 0. The normalized spacial score (nSPS) is 62.6. The van der Waals surface area contributed by atoms with Crippen LogP contribution in [0, 0.1) is 46.8 Å². The van der Waals surface area contributed by atoms with Gasteiger partial charge < -0.3 is 5.11 Å². The molecule has 0 heterocycles. The molecular weight excluding hydrogens is 224 g/mol. The Labute approximate surface area is 108 Å². The summed E-state index contributed by atoms with van der Waals surface area (Å²) in [5, 5.41) is 9.25. The highest BCUT2D eigenvalue weighted by molar-refractivity contribution is 5.67. The van der Waals surface area contributed by atoms with Gasteiger partial charge in [-0.1, -0.05) is 0 Å². The van der Waals surface area contributed by atoms with Gasteiger partial charge in [0.1, 0.15) is 0 Å². The highest BCUT2D eigenvalue weighted by atomic mass is 16.4. The molecule has 0 spiro atoms. The SMILES string of the molecule is O=C(O)CC12CC3C4CC5CC3C(C1)C(C5)C4C2. The monoisotopic (exact) mass is 246 g/mol. The smallest absolute Gasteiger partial charge is 0.303 e. The van der Waals surface area contributed by atoms with Gasteiger partial charge in [0.25, 0.3) is 0 Å². The van der Waals surface area contributed by atoms with E-state index in [2.05, 4.69) is 0 Å². The first-order chi connectivity index (χ1) is 8.65. The minimum absolute atomic E-state index is 0.222. The van der Waals surface area contributed by atoms with Crippen molar-refractivity contribution < 1.29 is 9.90 Å². The molecule has 2 heteroatoms. The summed E-state index contributed by atoms with van der Waals surface area (Å²) in [5.41, 5.74) is 0.222. The molecule has 7 fully saturated rings. The third-order valence-electron chi connectivity index (χ3n) is 7.65. The molecule has 18 heavy (non-hydrogen) atoms. The lowest BCUT2D eigenvalue weighted by molar-refractivity contribution is -0.234. The number of hydrogen-bond donors (Lipinski definition) is 1. The third-order valence-corrected chi connectivity index (χ3v) is 7.65. The standard InChI is InChI=1S/C16H22O2/c17-15(18)7-16-4-12-9-1-8-2-10(12)14(6-16)11(3-8)13(9)5-16/h8-14H,1-7H2,(H,17,18). The van der Waals surface area contributed by atoms with E-state index in [1.54, 1.807) is 0 Å². The number of carboxylic acid groups (broad SMARTS) is 1. The molecular formula is C16H22O2. The molecule has 8 bridgehead atoms. The summed E-state index contributed by atoms with van der Waals surface area (Å²) in [4.78, 5) is 11.2. The molecule has 0 amide bonds. The molecule has 7 rings (SSSR count). The van der Waals surface area contributed by atoms with E-state index in [0.29, 0.717) is 6.42 Å². The first kappa shape index (κ1) is 10.3. The van der Waals surface area contributed by atoms with Crippen molar-refractivity contribution in [3.63, 3.8) is 0 Å². The maximum absolute atomic E-state index is 11.2. The van der Waals surface area contributed by atoms with Gasteiger partial charge in [-0.25, -0.2) is 0 Å². The number of rotatable bonds is 2. The Hall–Kier alpha value is -0.530. The first-order valence-corrected chi connectivity index (χ1v) is 7.87. The van der Waals surface area contributed by atoms with E-state index in [-0.39, 0.29) is 5.41 Å². The molecule has 1 N–H and O–H groups in total. The lowest BCUT2D eigenvalue weighted by Crippen LogP contribution is -2.65. The van der Waals surface area contributed by atoms with Crippen LogP contribution < -0.4 is 0 Å². The second-order valence-corrected chi connectivity index (χ2v) is 8.24. The van der Waals surface area contributed by atoms with Crippen LogP contribution in [-0.4, -0.2) is 11.1 Å². The van der Waals surface area contributed by atoms with Crippen molar-refractivity contribution in [3.05, 3.63) is 0 Å². The quantitative estimate of drug-likeness (QED) is 0.812. The van der Waals surface area contributed by atoms with Crippen LogP contribution in [-0.2, 0) is 4.79 Å². The highest BCUT2D eigenvalue weighted by Crippen LogP contribution is 2.74. The average molecular weight is 246 g/mol. The van der Waals surface area contributed by atoms with Crippen molar-refractivity contribution in [3.8, 4) is 0 Å². The highest BCUT2D eigenvalue weighted by Gasteiger charge is 2.67. The van der Waals surface area contributed by atoms with Crippen molar-refractivity contribution >= 4 is 5.97 Å². The second-order valence-electron chi connectivity index (χ2n) is 8.24. The van der Waals surface area contributed by atoms with Gasteiger partial charge >= 0.3 is 5.97 Å². The zero-order valence-corrected chi connectivity index (χ0v) is 10.8. The predicted molar refractivity (Wildman–Crippen MR) is 66.8 cm³/mol. The zero-order chi connectivity index (χ0) is 12.1. The van der Waals surface area contributed by atoms with E-state index >= 15 is 0 Å². The van der Waals surface area contributed by atoms with Gasteiger partial charge in [-0.3, -0.25) is 4.79 Å². The predicted octanol–water partition coefficient (Wildman–Crippen LogP) is 3.17. The molecule has 7 saturated carbocycles. The van der Waals surface area contributed by atoms with Crippen LogP contribution in [0.15, 0.2) is 0 Å². The van der Waals surface area contributed by atoms with Gasteiger partial charge in [-0.2, -0.15) is 0 Å². The Kier molecular flexibility index (Phi) is 1.69. The van der Waals surface area contributed by atoms with Crippen LogP contribution in [0.2, 0.25) is 0 Å². The second kappa shape index (κ2) is 2.96. The minimum Gasteiger partial charge on any atom is -0.481 e. The molecule has 7 aliphatic rings. The lowest BCUT2D eigenvalue weighted by atomic mass is 9.32. The van der Waals surface area contributed by atoms with Crippen LogP contribution in [0.3, 0.4) is 0 Å². The van der Waals surface area contributed by atoms with Gasteiger partial charge in [0, 0.05) is 0 Å². The Morgan fingerprint density at radius 1 is 0.889 bits per heavy atom. The van der Waals surface area contributed by atoms with Gasteiger partial charge in [0.05, 0.1) is 6.42 Å². The van der Waals surface area contributed by atoms with Crippen molar-refractivity contribution in [1.29, 1.82) is 0 Å². The fourth-order valence-corrected chi connectivity index (χ4v) is 7.59. The van der Waals surface area contributed by atoms with Crippen molar-refractivity contribution in [2.75, 3.05) is 0 Å². The summed E-state index contributed by atoms with van der Waals surface area (Å²) in [6.07, 6.45) is 8.75. The van der Waals surface area contributed by atoms with Crippen molar-refractivity contribution in [2.24, 2.45) is 46.8 Å². The zero-order valence-electron chi connectivity index (χ0n) is 10.8. The molecule has 0 atom stereocenters. The largest absolute Gasteiger partial charge is 0.481 e. The van der Waals surface area contributed by atoms with Crippen LogP contribution in [0.4, 0.5) is 0 Å². The summed E-state index contributed by atoms with van der Waals surface area (Å²) < 4.78 is 0.